The van der Waals surface area contributed by atoms with E-state index in [-0.39, 0.29) is 18.9 Å². The van der Waals surface area contributed by atoms with E-state index in [9.17, 15) is 18.4 Å². The van der Waals surface area contributed by atoms with Crippen LogP contribution in [0.4, 0.5) is 13.6 Å². The summed E-state index contributed by atoms with van der Waals surface area (Å²) in [4.78, 5) is 22.5. The van der Waals surface area contributed by atoms with Crippen molar-refractivity contribution in [3.63, 3.8) is 0 Å². The number of hydrogen-bond donors (Lipinski definition) is 2. The number of hydrogen-bond acceptors (Lipinski definition) is 2. The highest BCUT2D eigenvalue weighted by molar-refractivity contribution is 5.73. The van der Waals surface area contributed by atoms with Gasteiger partial charge in [-0.05, 0) is 12.3 Å². The van der Waals surface area contributed by atoms with Crippen LogP contribution in [0.3, 0.4) is 0 Å². The van der Waals surface area contributed by atoms with Gasteiger partial charge in [-0.2, -0.15) is 0 Å². The first-order valence-corrected chi connectivity index (χ1v) is 5.31. The third-order valence-corrected chi connectivity index (χ3v) is 2.21. The second-order valence-corrected chi connectivity index (χ2v) is 4.00. The minimum absolute atomic E-state index is 0.00463. The van der Waals surface area contributed by atoms with E-state index in [0.29, 0.717) is 6.42 Å². The molecular formula is C10H18F2N2O3. The first kappa shape index (κ1) is 15.6. The number of carboxylic acid groups (broad SMARTS) is 1. The minimum atomic E-state index is -2.56. The zero-order valence-electron chi connectivity index (χ0n) is 9.95. The molecule has 0 aromatic rings. The molecule has 0 aliphatic heterocycles. The van der Waals surface area contributed by atoms with Crippen LogP contribution in [0.15, 0.2) is 0 Å². The van der Waals surface area contributed by atoms with E-state index in [1.165, 1.54) is 7.05 Å². The zero-order chi connectivity index (χ0) is 13.4. The molecule has 2 N–H and O–H groups in total. The lowest BCUT2D eigenvalue weighted by molar-refractivity contribution is -0.137. The highest BCUT2D eigenvalue weighted by atomic mass is 19.3. The van der Waals surface area contributed by atoms with Gasteiger partial charge in [0, 0.05) is 20.0 Å². The van der Waals surface area contributed by atoms with Crippen LogP contribution in [0.5, 0.6) is 0 Å². The monoisotopic (exact) mass is 252 g/mol. The SMILES string of the molecule is CC(CCC(=O)O)CNC(=O)N(C)CC(F)F. The van der Waals surface area contributed by atoms with Gasteiger partial charge in [0.2, 0.25) is 0 Å². The van der Waals surface area contributed by atoms with Crippen molar-refractivity contribution in [3.8, 4) is 0 Å². The fraction of sp³-hybridized carbons (Fsp3) is 0.800. The van der Waals surface area contributed by atoms with Gasteiger partial charge >= 0.3 is 12.0 Å². The fourth-order valence-electron chi connectivity index (χ4n) is 1.16. The molecule has 7 heteroatoms. The van der Waals surface area contributed by atoms with Gasteiger partial charge in [-0.1, -0.05) is 6.92 Å². The summed E-state index contributed by atoms with van der Waals surface area (Å²) in [5, 5.41) is 10.9. The van der Waals surface area contributed by atoms with Crippen LogP contribution < -0.4 is 5.32 Å². The van der Waals surface area contributed by atoms with E-state index in [1.807, 2.05) is 0 Å². The van der Waals surface area contributed by atoms with Crippen LogP contribution >= 0.6 is 0 Å². The molecule has 0 rings (SSSR count). The van der Waals surface area contributed by atoms with Crippen molar-refractivity contribution in [2.24, 2.45) is 5.92 Å². The smallest absolute Gasteiger partial charge is 0.317 e. The van der Waals surface area contributed by atoms with Crippen LogP contribution in [0.25, 0.3) is 0 Å². The van der Waals surface area contributed by atoms with E-state index in [0.717, 1.165) is 4.90 Å². The molecular weight excluding hydrogens is 234 g/mol. The molecule has 0 radical (unpaired) electrons. The number of rotatable bonds is 7. The number of nitrogens with zero attached hydrogens (tertiary/aromatic N) is 1. The lowest BCUT2D eigenvalue weighted by atomic mass is 10.1. The van der Waals surface area contributed by atoms with Crippen LogP contribution in [-0.2, 0) is 4.79 Å². The third kappa shape index (κ3) is 8.41. The van der Waals surface area contributed by atoms with Crippen molar-refractivity contribution in [2.45, 2.75) is 26.2 Å². The number of carboxylic acids is 1. The van der Waals surface area contributed by atoms with Gasteiger partial charge < -0.3 is 15.3 Å². The molecule has 1 atom stereocenters. The maximum atomic E-state index is 12.0. The van der Waals surface area contributed by atoms with E-state index in [1.54, 1.807) is 6.92 Å². The Labute approximate surface area is 98.8 Å². The second-order valence-electron chi connectivity index (χ2n) is 4.00. The predicted molar refractivity (Wildman–Crippen MR) is 58.1 cm³/mol. The Morgan fingerprint density at radius 2 is 2.00 bits per heavy atom. The Hall–Kier alpha value is -1.40. The van der Waals surface area contributed by atoms with E-state index in [2.05, 4.69) is 5.32 Å². The van der Waals surface area contributed by atoms with Crippen molar-refractivity contribution in [1.82, 2.24) is 10.2 Å². The van der Waals surface area contributed by atoms with Crippen molar-refractivity contribution >= 4 is 12.0 Å². The van der Waals surface area contributed by atoms with Gasteiger partial charge in [-0.25, -0.2) is 13.6 Å². The Morgan fingerprint density at radius 3 is 2.47 bits per heavy atom. The van der Waals surface area contributed by atoms with E-state index >= 15 is 0 Å². The summed E-state index contributed by atoms with van der Waals surface area (Å²) in [6.07, 6.45) is -2.09. The molecule has 17 heavy (non-hydrogen) atoms. The van der Waals surface area contributed by atoms with Crippen molar-refractivity contribution in [2.75, 3.05) is 20.1 Å². The average molecular weight is 252 g/mol. The molecule has 0 aliphatic carbocycles. The normalized spacial score (nSPS) is 12.3. The first-order chi connectivity index (χ1) is 7.82. The van der Waals surface area contributed by atoms with Crippen LogP contribution in [-0.4, -0.2) is 48.6 Å². The average Bonchev–Trinajstić information content (AvgIpc) is 2.21. The summed E-state index contributed by atoms with van der Waals surface area (Å²) < 4.78 is 23.9. The predicted octanol–water partition coefficient (Wildman–Crippen LogP) is 1.39. The summed E-state index contributed by atoms with van der Waals surface area (Å²) >= 11 is 0. The standard InChI is InChI=1S/C10H18F2N2O3/c1-7(3-4-9(15)16)5-13-10(17)14(2)6-8(11)12/h7-8H,3-6H2,1-2H3,(H,13,17)(H,15,16). The van der Waals surface area contributed by atoms with Gasteiger partial charge in [0.05, 0.1) is 6.54 Å². The number of alkyl halides is 2. The topological polar surface area (TPSA) is 69.6 Å². The molecule has 1 unspecified atom stereocenters. The third-order valence-electron chi connectivity index (χ3n) is 2.21. The largest absolute Gasteiger partial charge is 0.481 e. The maximum Gasteiger partial charge on any atom is 0.317 e. The summed E-state index contributed by atoms with van der Waals surface area (Å²) in [6.45, 7) is 1.45. The fourth-order valence-corrected chi connectivity index (χ4v) is 1.16. The number of aliphatic carboxylic acids is 1. The zero-order valence-corrected chi connectivity index (χ0v) is 9.95. The summed E-state index contributed by atoms with van der Waals surface area (Å²) in [5.41, 5.74) is 0. The molecule has 0 aromatic carbocycles. The molecule has 5 nitrogen and oxygen atoms in total. The van der Waals surface area contributed by atoms with Crippen molar-refractivity contribution < 1.29 is 23.5 Å². The van der Waals surface area contributed by atoms with Crippen molar-refractivity contribution in [3.05, 3.63) is 0 Å². The highest BCUT2D eigenvalue weighted by Crippen LogP contribution is 2.04. The minimum Gasteiger partial charge on any atom is -0.481 e. The van der Waals surface area contributed by atoms with Gasteiger partial charge in [0.1, 0.15) is 0 Å². The molecule has 0 aromatic heterocycles. The molecule has 0 bridgehead atoms. The van der Waals surface area contributed by atoms with Gasteiger partial charge in [0.15, 0.2) is 0 Å². The molecule has 0 spiro atoms. The number of carbonyl (C=O) groups is 2. The number of urea groups is 1. The Morgan fingerprint density at radius 1 is 1.41 bits per heavy atom. The first-order valence-electron chi connectivity index (χ1n) is 5.31. The van der Waals surface area contributed by atoms with Crippen LogP contribution in [0.1, 0.15) is 19.8 Å². The molecule has 2 amide bonds. The molecule has 100 valence electrons. The lowest BCUT2D eigenvalue weighted by Crippen LogP contribution is -2.41. The van der Waals surface area contributed by atoms with Crippen LogP contribution in [0.2, 0.25) is 0 Å². The molecule has 0 fully saturated rings. The summed E-state index contributed by atoms with van der Waals surface area (Å²) in [5.74, 6) is -0.895. The summed E-state index contributed by atoms with van der Waals surface area (Å²) in [6, 6.07) is -0.576. The maximum absolute atomic E-state index is 12.0. The van der Waals surface area contributed by atoms with Crippen molar-refractivity contribution in [1.29, 1.82) is 0 Å². The number of amides is 2. The second kappa shape index (κ2) is 7.81. The Bertz CT molecular complexity index is 262. The van der Waals surface area contributed by atoms with Gasteiger partial charge in [-0.15, -0.1) is 0 Å². The Kier molecular flexibility index (Phi) is 7.16. The number of halogens is 2. The number of nitrogens with one attached hydrogen (secondary N) is 1. The lowest BCUT2D eigenvalue weighted by Gasteiger charge is -2.19. The van der Waals surface area contributed by atoms with Gasteiger partial charge in [-0.3, -0.25) is 4.79 Å². The summed E-state index contributed by atoms with van der Waals surface area (Å²) in [7, 11) is 1.28. The van der Waals surface area contributed by atoms with E-state index < -0.39 is 25.0 Å². The highest BCUT2D eigenvalue weighted by Gasteiger charge is 2.14. The number of carbonyl (C=O) groups excluding carboxylic acids is 1. The molecule has 0 saturated heterocycles. The quantitative estimate of drug-likeness (QED) is 0.719. The van der Waals surface area contributed by atoms with E-state index in [4.69, 9.17) is 5.11 Å². The van der Waals surface area contributed by atoms with Crippen LogP contribution in [0, 0.1) is 5.92 Å². The van der Waals surface area contributed by atoms with Gasteiger partial charge in [0.25, 0.3) is 6.43 Å². The Balaban J connectivity index is 3.78. The molecule has 0 saturated carbocycles. The molecule has 0 heterocycles. The molecule has 0 aliphatic rings.